The topological polar surface area (TPSA) is 66.8 Å². The van der Waals surface area contributed by atoms with E-state index >= 15 is 0 Å². The number of methoxy groups -OCH3 is 1. The maximum absolute atomic E-state index is 12.3. The normalized spacial score (nSPS) is 10.1. The highest BCUT2D eigenvalue weighted by atomic mass is 16.5. The first-order chi connectivity index (χ1) is 8.99. The highest BCUT2D eigenvalue weighted by Crippen LogP contribution is 2.20. The zero-order chi connectivity index (χ0) is 14.4. The molecule has 1 aromatic rings. The summed E-state index contributed by atoms with van der Waals surface area (Å²) in [6.07, 6.45) is 0.710. The van der Waals surface area contributed by atoms with E-state index < -0.39 is 5.97 Å². The average molecular weight is 265 g/mol. The third-order valence-corrected chi connectivity index (χ3v) is 2.76. The molecular formula is C14H19NO4. The fraction of sp³-hybridized carbons (Fsp3) is 0.429. The minimum Gasteiger partial charge on any atom is -0.496 e. The molecule has 0 aliphatic carbocycles. The lowest BCUT2D eigenvalue weighted by Gasteiger charge is -2.20. The van der Waals surface area contributed by atoms with Crippen LogP contribution in [0.15, 0.2) is 18.2 Å². The van der Waals surface area contributed by atoms with Gasteiger partial charge in [-0.15, -0.1) is 0 Å². The van der Waals surface area contributed by atoms with Crippen LogP contribution in [-0.4, -0.2) is 42.1 Å². The number of hydrogen-bond acceptors (Lipinski definition) is 3. The van der Waals surface area contributed by atoms with E-state index in [1.165, 1.54) is 12.0 Å². The van der Waals surface area contributed by atoms with Crippen molar-refractivity contribution in [2.75, 3.05) is 20.2 Å². The molecule has 19 heavy (non-hydrogen) atoms. The number of carbonyl (C=O) groups excluding carboxylic acids is 1. The van der Waals surface area contributed by atoms with Gasteiger partial charge >= 0.3 is 5.97 Å². The number of aryl methyl sites for hydroxylation is 1. The summed E-state index contributed by atoms with van der Waals surface area (Å²) in [4.78, 5) is 24.4. The van der Waals surface area contributed by atoms with Crippen molar-refractivity contribution in [1.29, 1.82) is 0 Å². The number of carbonyl (C=O) groups is 2. The Morgan fingerprint density at radius 1 is 1.37 bits per heavy atom. The summed E-state index contributed by atoms with van der Waals surface area (Å²) in [6.45, 7) is 3.91. The summed E-state index contributed by atoms with van der Waals surface area (Å²) < 4.78 is 5.17. The van der Waals surface area contributed by atoms with Gasteiger partial charge in [-0.25, -0.2) is 0 Å². The average Bonchev–Trinajstić information content (AvgIpc) is 2.37. The largest absolute Gasteiger partial charge is 0.496 e. The van der Waals surface area contributed by atoms with Gasteiger partial charge in [0.05, 0.1) is 7.11 Å². The van der Waals surface area contributed by atoms with Crippen LogP contribution in [0.2, 0.25) is 0 Å². The zero-order valence-corrected chi connectivity index (χ0v) is 11.5. The molecular weight excluding hydrogens is 246 g/mol. The summed E-state index contributed by atoms with van der Waals surface area (Å²) in [7, 11) is 1.54. The molecule has 104 valence electrons. The van der Waals surface area contributed by atoms with Gasteiger partial charge < -0.3 is 14.7 Å². The molecule has 1 amide bonds. The number of carboxylic acid groups (broad SMARTS) is 1. The lowest BCUT2D eigenvalue weighted by Crippen LogP contribution is -2.36. The quantitative estimate of drug-likeness (QED) is 0.853. The number of carboxylic acids is 1. The van der Waals surface area contributed by atoms with E-state index in [1.807, 2.05) is 13.8 Å². The van der Waals surface area contributed by atoms with Crippen LogP contribution < -0.4 is 4.74 Å². The van der Waals surface area contributed by atoms with Crippen LogP contribution in [0.1, 0.15) is 29.3 Å². The number of aliphatic carboxylic acids is 1. The van der Waals surface area contributed by atoms with Gasteiger partial charge in [0.2, 0.25) is 0 Å². The molecule has 0 unspecified atom stereocenters. The van der Waals surface area contributed by atoms with Gasteiger partial charge in [-0.2, -0.15) is 0 Å². The van der Waals surface area contributed by atoms with Crippen LogP contribution in [0.5, 0.6) is 5.75 Å². The molecule has 1 aromatic carbocycles. The Morgan fingerprint density at radius 2 is 2.05 bits per heavy atom. The van der Waals surface area contributed by atoms with Crippen molar-refractivity contribution in [2.45, 2.75) is 20.3 Å². The van der Waals surface area contributed by atoms with Crippen LogP contribution in [0.25, 0.3) is 0 Å². The maximum atomic E-state index is 12.3. The highest BCUT2D eigenvalue weighted by molar-refractivity contribution is 5.96. The van der Waals surface area contributed by atoms with Crippen molar-refractivity contribution in [2.24, 2.45) is 0 Å². The predicted molar refractivity (Wildman–Crippen MR) is 71.6 cm³/mol. The molecule has 0 aliphatic heterocycles. The Kier molecular flexibility index (Phi) is 5.36. The molecule has 0 bridgehead atoms. The fourth-order valence-corrected chi connectivity index (χ4v) is 1.82. The van der Waals surface area contributed by atoms with Crippen LogP contribution >= 0.6 is 0 Å². The van der Waals surface area contributed by atoms with E-state index in [4.69, 9.17) is 9.84 Å². The van der Waals surface area contributed by atoms with E-state index in [1.54, 1.807) is 18.2 Å². The molecule has 0 atom stereocenters. The molecule has 0 spiro atoms. The SMILES string of the molecule is CCCN(CC(=O)O)C(=O)c1ccc(C)c(OC)c1. The lowest BCUT2D eigenvalue weighted by atomic mass is 10.1. The molecule has 0 fully saturated rings. The molecule has 0 saturated carbocycles. The summed E-state index contributed by atoms with van der Waals surface area (Å²) >= 11 is 0. The van der Waals surface area contributed by atoms with Crippen LogP contribution in [-0.2, 0) is 4.79 Å². The number of amides is 1. The summed E-state index contributed by atoms with van der Waals surface area (Å²) in [5.74, 6) is -0.680. The second kappa shape index (κ2) is 6.78. The number of benzene rings is 1. The van der Waals surface area contributed by atoms with E-state index in [-0.39, 0.29) is 12.5 Å². The smallest absolute Gasteiger partial charge is 0.323 e. The molecule has 5 nitrogen and oxygen atoms in total. The Bertz CT molecular complexity index is 471. The first-order valence-electron chi connectivity index (χ1n) is 6.15. The Labute approximate surface area is 112 Å². The van der Waals surface area contributed by atoms with Crippen molar-refractivity contribution in [1.82, 2.24) is 4.90 Å². The third kappa shape index (κ3) is 3.98. The maximum Gasteiger partial charge on any atom is 0.323 e. The Balaban J connectivity index is 2.98. The van der Waals surface area contributed by atoms with E-state index in [9.17, 15) is 9.59 Å². The summed E-state index contributed by atoms with van der Waals surface area (Å²) in [6, 6.07) is 5.11. The predicted octanol–water partition coefficient (Wildman–Crippen LogP) is 1.94. The molecule has 0 heterocycles. The molecule has 0 aromatic heterocycles. The number of hydrogen-bond donors (Lipinski definition) is 1. The van der Waals surface area contributed by atoms with Gasteiger partial charge in [-0.1, -0.05) is 13.0 Å². The van der Waals surface area contributed by atoms with Crippen molar-refractivity contribution in [3.8, 4) is 5.75 Å². The molecule has 0 aliphatic rings. The lowest BCUT2D eigenvalue weighted by molar-refractivity contribution is -0.137. The number of ether oxygens (including phenoxy) is 1. The Morgan fingerprint density at radius 3 is 2.58 bits per heavy atom. The van der Waals surface area contributed by atoms with Gasteiger partial charge in [0, 0.05) is 12.1 Å². The van der Waals surface area contributed by atoms with Gasteiger partial charge in [-0.05, 0) is 31.0 Å². The van der Waals surface area contributed by atoms with Crippen molar-refractivity contribution in [3.63, 3.8) is 0 Å². The Hall–Kier alpha value is -2.04. The van der Waals surface area contributed by atoms with Crippen LogP contribution in [0.3, 0.4) is 0 Å². The van der Waals surface area contributed by atoms with Crippen molar-refractivity contribution in [3.05, 3.63) is 29.3 Å². The van der Waals surface area contributed by atoms with Crippen molar-refractivity contribution >= 4 is 11.9 Å². The molecule has 0 radical (unpaired) electrons. The summed E-state index contributed by atoms with van der Waals surface area (Å²) in [5.41, 5.74) is 1.37. The minimum absolute atomic E-state index is 0.289. The standard InChI is InChI=1S/C14H19NO4/c1-4-7-15(9-13(16)17)14(18)11-6-5-10(2)12(8-11)19-3/h5-6,8H,4,7,9H2,1-3H3,(H,16,17). The fourth-order valence-electron chi connectivity index (χ4n) is 1.82. The second-order valence-corrected chi connectivity index (χ2v) is 4.30. The van der Waals surface area contributed by atoms with Crippen molar-refractivity contribution < 1.29 is 19.4 Å². The zero-order valence-electron chi connectivity index (χ0n) is 11.5. The van der Waals surface area contributed by atoms with Gasteiger partial charge in [0.1, 0.15) is 12.3 Å². The molecule has 1 N–H and O–H groups in total. The summed E-state index contributed by atoms with van der Waals surface area (Å²) in [5, 5.41) is 8.83. The number of nitrogens with zero attached hydrogens (tertiary/aromatic N) is 1. The molecule has 5 heteroatoms. The number of rotatable bonds is 6. The van der Waals surface area contributed by atoms with Crippen LogP contribution in [0, 0.1) is 6.92 Å². The first kappa shape index (κ1) is 15.0. The van der Waals surface area contributed by atoms with Gasteiger partial charge in [-0.3, -0.25) is 9.59 Å². The second-order valence-electron chi connectivity index (χ2n) is 4.30. The van der Waals surface area contributed by atoms with E-state index in [0.29, 0.717) is 24.3 Å². The minimum atomic E-state index is -1.01. The first-order valence-corrected chi connectivity index (χ1v) is 6.15. The van der Waals surface area contributed by atoms with E-state index in [2.05, 4.69) is 0 Å². The monoisotopic (exact) mass is 265 g/mol. The third-order valence-electron chi connectivity index (χ3n) is 2.76. The molecule has 0 saturated heterocycles. The van der Waals surface area contributed by atoms with Crippen LogP contribution in [0.4, 0.5) is 0 Å². The molecule has 1 rings (SSSR count). The van der Waals surface area contributed by atoms with E-state index in [0.717, 1.165) is 5.56 Å². The van der Waals surface area contributed by atoms with Gasteiger partial charge in [0.25, 0.3) is 5.91 Å². The van der Waals surface area contributed by atoms with Gasteiger partial charge in [0.15, 0.2) is 0 Å². The highest BCUT2D eigenvalue weighted by Gasteiger charge is 2.18.